The maximum atomic E-state index is 13.7. The summed E-state index contributed by atoms with van der Waals surface area (Å²) in [7, 11) is 0. The smallest absolute Gasteiger partial charge is 0.130 e. The van der Waals surface area contributed by atoms with Crippen LogP contribution in [-0.2, 0) is 18.8 Å². The maximum absolute atomic E-state index is 13.7. The van der Waals surface area contributed by atoms with Crippen molar-refractivity contribution in [2.75, 3.05) is 6.54 Å². The zero-order valence-electron chi connectivity index (χ0n) is 22.7. The van der Waals surface area contributed by atoms with Crippen molar-refractivity contribution in [1.29, 1.82) is 0 Å². The van der Waals surface area contributed by atoms with E-state index in [-0.39, 0.29) is 23.6 Å². The van der Waals surface area contributed by atoms with Crippen LogP contribution in [0.5, 0.6) is 5.75 Å². The van der Waals surface area contributed by atoms with E-state index in [0.29, 0.717) is 36.7 Å². The molecule has 4 nitrogen and oxygen atoms in total. The van der Waals surface area contributed by atoms with Crippen LogP contribution in [0.15, 0.2) is 104 Å². The Morgan fingerprint density at radius 3 is 1.95 bits per heavy atom. The number of alkyl halides is 1. The molecule has 6 rings (SSSR count). The van der Waals surface area contributed by atoms with Crippen molar-refractivity contribution in [3.05, 3.63) is 138 Å². The molecule has 0 fully saturated rings. The third-order valence-corrected chi connectivity index (χ3v) is 7.19. The normalized spacial score (nSPS) is 13.9. The van der Waals surface area contributed by atoms with Crippen LogP contribution in [0.3, 0.4) is 0 Å². The lowest BCUT2D eigenvalue weighted by molar-refractivity contribution is 0.168. The van der Waals surface area contributed by atoms with Gasteiger partial charge in [0.05, 0.1) is 0 Å². The molecule has 0 spiro atoms. The molecule has 1 aliphatic heterocycles. The number of benzene rings is 3. The Kier molecular flexibility index (Phi) is 9.85. The number of nitrogens with one attached hydrogen (secondary N) is 1. The fourth-order valence-corrected chi connectivity index (χ4v) is 4.85. The highest BCUT2D eigenvalue weighted by atomic mass is 35.5. The Hall–Kier alpha value is -4.20. The highest BCUT2D eigenvalue weighted by molar-refractivity contribution is 6.17. The van der Waals surface area contributed by atoms with Gasteiger partial charge in [-0.15, -0.1) is 11.6 Å². The second-order valence-electron chi connectivity index (χ2n) is 9.94. The molecule has 1 atom stereocenters. The fraction of sp³-hybridized carbons (Fsp3) is 0.176. The van der Waals surface area contributed by atoms with Crippen molar-refractivity contribution in [1.82, 2.24) is 15.3 Å². The van der Waals surface area contributed by atoms with Crippen molar-refractivity contribution < 1.29 is 17.9 Å². The molecule has 2 aromatic heterocycles. The van der Waals surface area contributed by atoms with Crippen molar-refractivity contribution in [3.8, 4) is 28.0 Å². The third kappa shape index (κ3) is 7.75. The van der Waals surface area contributed by atoms with Gasteiger partial charge in [-0.3, -0.25) is 9.97 Å². The first-order chi connectivity index (χ1) is 20.5. The summed E-state index contributed by atoms with van der Waals surface area (Å²) in [5.74, 6) is 0.400. The van der Waals surface area contributed by atoms with Crippen LogP contribution in [0.2, 0.25) is 0 Å². The zero-order chi connectivity index (χ0) is 29.3. The van der Waals surface area contributed by atoms with E-state index < -0.39 is 0 Å². The first-order valence-corrected chi connectivity index (χ1v) is 14.1. The molecule has 1 unspecified atom stereocenters. The van der Waals surface area contributed by atoms with Crippen molar-refractivity contribution in [2.24, 2.45) is 0 Å². The van der Waals surface area contributed by atoms with E-state index in [1.54, 1.807) is 48.9 Å². The predicted octanol–water partition coefficient (Wildman–Crippen LogP) is 8.14. The number of nitrogens with zero attached hydrogens (tertiary/aromatic N) is 2. The summed E-state index contributed by atoms with van der Waals surface area (Å²) in [6.45, 7) is 1.33. The lowest BCUT2D eigenvalue weighted by atomic mass is 10.0. The second-order valence-corrected chi connectivity index (χ2v) is 10.2. The van der Waals surface area contributed by atoms with Crippen LogP contribution in [0, 0.1) is 17.5 Å². The fourth-order valence-electron chi connectivity index (χ4n) is 4.70. The molecule has 42 heavy (non-hydrogen) atoms. The molecule has 0 aliphatic carbocycles. The Labute approximate surface area is 248 Å². The molecule has 1 aliphatic rings. The minimum atomic E-state index is -0.251. The molecule has 0 radical (unpaired) electrons. The van der Waals surface area contributed by atoms with E-state index in [1.165, 1.54) is 30.3 Å². The maximum Gasteiger partial charge on any atom is 0.130 e. The quantitative estimate of drug-likeness (QED) is 0.195. The average molecular weight is 588 g/mol. The first-order valence-electron chi connectivity index (χ1n) is 13.6. The molecule has 5 aromatic rings. The molecule has 3 aromatic carbocycles. The van der Waals surface area contributed by atoms with Gasteiger partial charge in [-0.2, -0.15) is 0 Å². The van der Waals surface area contributed by atoms with E-state index in [9.17, 15) is 13.2 Å². The highest BCUT2D eigenvalue weighted by Crippen LogP contribution is 2.29. The van der Waals surface area contributed by atoms with Gasteiger partial charge in [-0.25, -0.2) is 13.2 Å². The first kappa shape index (κ1) is 29.3. The monoisotopic (exact) mass is 587 g/mol. The number of hydrogen-bond acceptors (Lipinski definition) is 4. The van der Waals surface area contributed by atoms with E-state index in [0.717, 1.165) is 39.8 Å². The van der Waals surface area contributed by atoms with Gasteiger partial charge in [-0.05, 0) is 83.6 Å². The summed E-state index contributed by atoms with van der Waals surface area (Å²) in [5, 5.41) is 3.39. The molecule has 214 valence electrons. The van der Waals surface area contributed by atoms with Crippen LogP contribution in [0.4, 0.5) is 13.2 Å². The molecule has 0 amide bonds. The largest absolute Gasteiger partial charge is 0.489 e. The Morgan fingerprint density at radius 2 is 1.33 bits per heavy atom. The number of hydrogen-bond donors (Lipinski definition) is 1. The lowest BCUT2D eigenvalue weighted by Crippen LogP contribution is -2.34. The molecule has 8 heteroatoms. The Balaban J connectivity index is 0.000000199. The summed E-state index contributed by atoms with van der Waals surface area (Å²) in [5.41, 5.74) is 6.44. The summed E-state index contributed by atoms with van der Waals surface area (Å²) in [6.07, 6.45) is 8.54. The number of pyridine rings is 2. The van der Waals surface area contributed by atoms with Gasteiger partial charge < -0.3 is 10.1 Å². The van der Waals surface area contributed by atoms with Crippen LogP contribution in [-0.4, -0.2) is 22.6 Å². The standard InChI is InChI=1S/C22H20F2N2O.C12H9ClFN/c23-18-6-4-16(5-7-18)17-10-15(11-25-13-17)12-26-14-19-8-9-20-21(24)2-1-3-22(20)27-19;13-6-9-5-11(8-15-7-9)10-1-3-12(14)4-2-10/h1-7,10-11,13,19,26H,8-9,12,14H2;1-5,7-8H,6H2. The van der Waals surface area contributed by atoms with Crippen molar-refractivity contribution >= 4 is 11.6 Å². The van der Waals surface area contributed by atoms with Gasteiger partial charge in [0.2, 0.25) is 0 Å². The van der Waals surface area contributed by atoms with E-state index >= 15 is 0 Å². The van der Waals surface area contributed by atoms with Gasteiger partial charge in [-0.1, -0.05) is 30.3 Å². The van der Waals surface area contributed by atoms with Crippen molar-refractivity contribution in [3.63, 3.8) is 0 Å². The van der Waals surface area contributed by atoms with Gasteiger partial charge in [0.1, 0.15) is 29.3 Å². The molecule has 1 N–H and O–H groups in total. The van der Waals surface area contributed by atoms with Gasteiger partial charge >= 0.3 is 0 Å². The van der Waals surface area contributed by atoms with Crippen molar-refractivity contribution in [2.45, 2.75) is 31.4 Å². The molecule has 0 saturated heterocycles. The Bertz CT molecular complexity index is 1610. The summed E-state index contributed by atoms with van der Waals surface area (Å²) < 4.78 is 45.4. The van der Waals surface area contributed by atoms with E-state index in [2.05, 4.69) is 15.3 Å². The average Bonchev–Trinajstić information content (AvgIpc) is 3.02. The molecular formula is C34H29ClF3N3O. The van der Waals surface area contributed by atoms with E-state index in [1.807, 2.05) is 24.4 Å². The van der Waals surface area contributed by atoms with Gasteiger partial charge in [0.25, 0.3) is 0 Å². The lowest BCUT2D eigenvalue weighted by Gasteiger charge is -2.26. The molecule has 0 bridgehead atoms. The van der Waals surface area contributed by atoms with Crippen LogP contribution < -0.4 is 10.1 Å². The topological polar surface area (TPSA) is 47.0 Å². The number of aromatic nitrogens is 2. The summed E-state index contributed by atoms with van der Waals surface area (Å²) in [4.78, 5) is 8.36. The number of rotatable bonds is 7. The van der Waals surface area contributed by atoms with Crippen LogP contribution in [0.25, 0.3) is 22.3 Å². The molecule has 3 heterocycles. The van der Waals surface area contributed by atoms with Gasteiger partial charge in [0, 0.05) is 60.4 Å². The minimum Gasteiger partial charge on any atom is -0.489 e. The zero-order valence-corrected chi connectivity index (χ0v) is 23.5. The summed E-state index contributed by atoms with van der Waals surface area (Å²) >= 11 is 5.71. The predicted molar refractivity (Wildman–Crippen MR) is 160 cm³/mol. The van der Waals surface area contributed by atoms with Crippen LogP contribution >= 0.6 is 11.6 Å². The number of halogens is 4. The minimum absolute atomic E-state index is 0.0209. The van der Waals surface area contributed by atoms with E-state index in [4.69, 9.17) is 16.3 Å². The van der Waals surface area contributed by atoms with Gasteiger partial charge in [0.15, 0.2) is 0 Å². The third-order valence-electron chi connectivity index (χ3n) is 6.89. The number of ether oxygens (including phenoxy) is 1. The highest BCUT2D eigenvalue weighted by Gasteiger charge is 2.21. The second kappa shape index (κ2) is 14.1. The molecular weight excluding hydrogens is 559 g/mol. The SMILES string of the molecule is Fc1ccc(-c2cncc(CCl)c2)cc1.Fc1ccc(-c2cncc(CNCC3CCc4c(F)cccc4O3)c2)cc1. The molecule has 0 saturated carbocycles. The Morgan fingerprint density at radius 1 is 0.738 bits per heavy atom. The van der Waals surface area contributed by atoms with Crippen LogP contribution in [0.1, 0.15) is 23.1 Å². The number of fused-ring (bicyclic) bond motifs is 1. The summed E-state index contributed by atoms with van der Waals surface area (Å²) in [6, 6.07) is 21.7.